The van der Waals surface area contributed by atoms with Crippen LogP contribution in [-0.2, 0) is 33.2 Å². The Kier molecular flexibility index (Phi) is 10.1. The van der Waals surface area contributed by atoms with Crippen LogP contribution in [0, 0.1) is 5.41 Å². The van der Waals surface area contributed by atoms with Crippen molar-refractivity contribution >= 4 is 46.6 Å². The topological polar surface area (TPSA) is 136 Å². The molecule has 4 aromatic rings. The molecule has 1 amide bonds. The minimum Gasteiger partial charge on any atom is -0.493 e. The van der Waals surface area contributed by atoms with E-state index in [9.17, 15) is 9.59 Å². The zero-order chi connectivity index (χ0) is 31.0. The number of carbonyl (C=O) groups excluding carboxylic acids is 2. The van der Waals surface area contributed by atoms with Gasteiger partial charge in [0.2, 0.25) is 0 Å². The second-order valence-corrected chi connectivity index (χ2v) is 10.4. The Labute approximate surface area is 259 Å². The summed E-state index contributed by atoms with van der Waals surface area (Å²) in [7, 11) is 1.46. The van der Waals surface area contributed by atoms with Gasteiger partial charge in [-0.3, -0.25) is 15.0 Å². The first-order valence-electron chi connectivity index (χ1n) is 13.1. The summed E-state index contributed by atoms with van der Waals surface area (Å²) in [5, 5.41) is 14.6. The zero-order valence-corrected chi connectivity index (χ0v) is 25.0. The van der Waals surface area contributed by atoms with Crippen molar-refractivity contribution in [3.05, 3.63) is 123 Å². The van der Waals surface area contributed by atoms with E-state index in [2.05, 4.69) is 10.6 Å². The molecule has 0 spiro atoms. The molecule has 0 aliphatic rings. The standard InChI is InChI=1S/C32H30Cl2N4O5/c1-20(39)43-32(31(40)37-18-21-6-4-3-5-7-21,38-27-11-8-23(9-12-27)30(35)36)24-10-13-28(29(16-24)41-2)42-19-22-14-25(33)17-26(34)15-22/h3-17,38H,18-19H2,1-2H3,(H3,35,36)(H,37,40). The summed E-state index contributed by atoms with van der Waals surface area (Å²) in [5.41, 5.74) is 6.35. The van der Waals surface area contributed by atoms with E-state index in [-0.39, 0.29) is 30.3 Å². The van der Waals surface area contributed by atoms with Gasteiger partial charge in [0.1, 0.15) is 12.4 Å². The summed E-state index contributed by atoms with van der Waals surface area (Å²) in [6.07, 6.45) is 0. The second kappa shape index (κ2) is 14.0. The van der Waals surface area contributed by atoms with E-state index >= 15 is 0 Å². The number of ether oxygens (including phenoxy) is 3. The Bertz CT molecular complexity index is 1600. The van der Waals surface area contributed by atoms with Crippen molar-refractivity contribution in [2.75, 3.05) is 12.4 Å². The molecule has 4 rings (SSSR count). The number of nitrogens with two attached hydrogens (primary N) is 1. The molecular formula is C32H30Cl2N4O5. The van der Waals surface area contributed by atoms with E-state index in [0.29, 0.717) is 27.0 Å². The normalized spacial score (nSPS) is 12.0. The number of hydrogen-bond acceptors (Lipinski definition) is 7. The number of nitrogens with one attached hydrogen (secondary N) is 3. The number of amidine groups is 1. The van der Waals surface area contributed by atoms with Crippen LogP contribution in [-0.4, -0.2) is 24.8 Å². The number of rotatable bonds is 12. The average Bonchev–Trinajstić information content (AvgIpc) is 2.98. The lowest BCUT2D eigenvalue weighted by Crippen LogP contribution is -2.52. The van der Waals surface area contributed by atoms with Crippen LogP contribution in [0.25, 0.3) is 0 Å². The van der Waals surface area contributed by atoms with E-state index < -0.39 is 17.6 Å². The molecule has 1 atom stereocenters. The van der Waals surface area contributed by atoms with Crippen molar-refractivity contribution in [1.82, 2.24) is 5.32 Å². The lowest BCUT2D eigenvalue weighted by molar-refractivity contribution is -0.165. The molecule has 0 heterocycles. The Balaban J connectivity index is 1.73. The van der Waals surface area contributed by atoms with Gasteiger partial charge in [-0.1, -0.05) is 53.5 Å². The zero-order valence-electron chi connectivity index (χ0n) is 23.4. The van der Waals surface area contributed by atoms with Gasteiger partial charge in [-0.2, -0.15) is 0 Å². The summed E-state index contributed by atoms with van der Waals surface area (Å²) in [6.45, 7) is 1.53. The predicted octanol–water partition coefficient (Wildman–Crippen LogP) is 6.01. The number of benzene rings is 4. The van der Waals surface area contributed by atoms with Crippen molar-refractivity contribution in [1.29, 1.82) is 5.41 Å². The lowest BCUT2D eigenvalue weighted by Gasteiger charge is -2.34. The smallest absolute Gasteiger partial charge is 0.305 e. The highest BCUT2D eigenvalue weighted by atomic mass is 35.5. The molecule has 5 N–H and O–H groups in total. The fraction of sp³-hybridized carbons (Fsp3) is 0.156. The van der Waals surface area contributed by atoms with Gasteiger partial charge >= 0.3 is 5.97 Å². The molecule has 0 bridgehead atoms. The molecule has 0 saturated carbocycles. The van der Waals surface area contributed by atoms with Gasteiger partial charge in [0, 0.05) is 40.3 Å². The number of nitrogen functional groups attached to an aromatic ring is 1. The minimum atomic E-state index is -2.02. The fourth-order valence-electron chi connectivity index (χ4n) is 4.31. The quantitative estimate of drug-likeness (QED) is 0.0659. The van der Waals surface area contributed by atoms with Gasteiger partial charge in [-0.05, 0) is 71.8 Å². The minimum absolute atomic E-state index is 0.112. The van der Waals surface area contributed by atoms with Gasteiger partial charge in [-0.25, -0.2) is 0 Å². The van der Waals surface area contributed by atoms with Gasteiger partial charge in [0.25, 0.3) is 11.6 Å². The predicted molar refractivity (Wildman–Crippen MR) is 167 cm³/mol. The molecule has 9 nitrogen and oxygen atoms in total. The van der Waals surface area contributed by atoms with E-state index in [0.717, 1.165) is 11.1 Å². The van der Waals surface area contributed by atoms with E-state index in [1.54, 1.807) is 60.7 Å². The molecule has 0 saturated heterocycles. The van der Waals surface area contributed by atoms with E-state index in [1.165, 1.54) is 14.0 Å². The maximum atomic E-state index is 14.0. The first kappa shape index (κ1) is 31.2. The van der Waals surface area contributed by atoms with E-state index in [1.807, 2.05) is 30.3 Å². The van der Waals surface area contributed by atoms with Crippen LogP contribution >= 0.6 is 23.2 Å². The average molecular weight is 622 g/mol. The Morgan fingerprint density at radius 2 is 1.56 bits per heavy atom. The van der Waals surface area contributed by atoms with Crippen LogP contribution in [0.5, 0.6) is 11.5 Å². The molecule has 0 aromatic heterocycles. The van der Waals surface area contributed by atoms with Crippen LogP contribution in [0.15, 0.2) is 91.0 Å². The summed E-state index contributed by atoms with van der Waals surface area (Å²) in [5.74, 6) is -0.800. The lowest BCUT2D eigenvalue weighted by atomic mass is 9.99. The SMILES string of the molecule is COc1cc(C(Nc2ccc(C(=N)N)cc2)(OC(C)=O)C(=O)NCc2ccccc2)ccc1OCc1cc(Cl)cc(Cl)c1. The van der Waals surface area contributed by atoms with Gasteiger partial charge in [0.15, 0.2) is 11.5 Å². The molecule has 4 aromatic carbocycles. The Hall–Kier alpha value is -4.73. The molecular weight excluding hydrogens is 591 g/mol. The summed E-state index contributed by atoms with van der Waals surface area (Å²) >= 11 is 12.2. The number of carbonyl (C=O) groups is 2. The third-order valence-electron chi connectivity index (χ3n) is 6.32. The number of anilines is 1. The molecule has 0 aliphatic carbocycles. The molecule has 0 fully saturated rings. The summed E-state index contributed by atoms with van der Waals surface area (Å²) in [6, 6.07) is 25.7. The number of methoxy groups -OCH3 is 1. The highest BCUT2D eigenvalue weighted by Crippen LogP contribution is 2.36. The fourth-order valence-corrected chi connectivity index (χ4v) is 4.88. The molecule has 0 radical (unpaired) electrons. The monoisotopic (exact) mass is 620 g/mol. The summed E-state index contributed by atoms with van der Waals surface area (Å²) < 4.78 is 17.4. The van der Waals surface area contributed by atoms with Crippen molar-refractivity contribution in [3.63, 3.8) is 0 Å². The van der Waals surface area contributed by atoms with Gasteiger partial charge in [0.05, 0.1) is 7.11 Å². The van der Waals surface area contributed by atoms with Crippen molar-refractivity contribution < 1.29 is 23.8 Å². The molecule has 11 heteroatoms. The van der Waals surface area contributed by atoms with Crippen LogP contribution < -0.4 is 25.8 Å². The number of hydrogen-bond donors (Lipinski definition) is 4. The van der Waals surface area contributed by atoms with Crippen LogP contribution in [0.4, 0.5) is 5.69 Å². The highest BCUT2D eigenvalue weighted by Gasteiger charge is 2.45. The van der Waals surface area contributed by atoms with Gasteiger partial charge in [-0.15, -0.1) is 0 Å². The number of halogens is 2. The van der Waals surface area contributed by atoms with Gasteiger partial charge < -0.3 is 30.6 Å². The van der Waals surface area contributed by atoms with E-state index in [4.69, 9.17) is 48.6 Å². The maximum Gasteiger partial charge on any atom is 0.305 e. The number of amides is 1. The molecule has 1 unspecified atom stereocenters. The van der Waals surface area contributed by atoms with Crippen molar-refractivity contribution in [2.45, 2.75) is 25.8 Å². The molecule has 0 aliphatic heterocycles. The maximum absolute atomic E-state index is 14.0. The summed E-state index contributed by atoms with van der Waals surface area (Å²) in [4.78, 5) is 26.5. The Morgan fingerprint density at radius 3 is 2.16 bits per heavy atom. The third kappa shape index (κ3) is 7.97. The van der Waals surface area contributed by atoms with Crippen LogP contribution in [0.1, 0.15) is 29.2 Å². The largest absolute Gasteiger partial charge is 0.493 e. The van der Waals surface area contributed by atoms with Crippen molar-refractivity contribution in [3.8, 4) is 11.5 Å². The van der Waals surface area contributed by atoms with Crippen molar-refractivity contribution in [2.24, 2.45) is 5.73 Å². The van der Waals surface area contributed by atoms with Crippen LogP contribution in [0.2, 0.25) is 10.0 Å². The number of esters is 1. The van der Waals surface area contributed by atoms with Crippen LogP contribution in [0.3, 0.4) is 0 Å². The molecule has 222 valence electrons. The molecule has 43 heavy (non-hydrogen) atoms. The Morgan fingerprint density at radius 1 is 0.884 bits per heavy atom. The highest BCUT2D eigenvalue weighted by molar-refractivity contribution is 6.34. The third-order valence-corrected chi connectivity index (χ3v) is 6.75. The second-order valence-electron chi connectivity index (χ2n) is 9.49. The first-order valence-corrected chi connectivity index (χ1v) is 13.9. The first-order chi connectivity index (χ1) is 20.6.